The van der Waals surface area contributed by atoms with Crippen molar-refractivity contribution in [1.29, 1.82) is 0 Å². The van der Waals surface area contributed by atoms with E-state index in [1.165, 1.54) is 0 Å². The van der Waals surface area contributed by atoms with Crippen molar-refractivity contribution in [1.82, 2.24) is 25.1 Å². The Balaban J connectivity index is 1.39. The zero-order valence-corrected chi connectivity index (χ0v) is 15.4. The van der Waals surface area contributed by atoms with Crippen LogP contribution in [0.4, 0.5) is 0 Å². The van der Waals surface area contributed by atoms with Crippen LogP contribution in [0.15, 0.2) is 42.3 Å². The smallest absolute Gasteiger partial charge is 0.255 e. The number of aliphatic hydroxyl groups is 1. The van der Waals surface area contributed by atoms with E-state index in [-0.39, 0.29) is 18.0 Å². The number of amides is 1. The highest BCUT2D eigenvalue weighted by atomic mass is 32.1. The summed E-state index contributed by atoms with van der Waals surface area (Å²) in [4.78, 5) is 24.7. The number of piperidine rings is 1. The second-order valence-corrected chi connectivity index (χ2v) is 8.21. The van der Waals surface area contributed by atoms with Gasteiger partial charge in [0.1, 0.15) is 5.60 Å². The monoisotopic (exact) mass is 381 g/mol. The fourth-order valence-corrected chi connectivity index (χ4v) is 5.28. The number of hydrogen-bond acceptors (Lipinski definition) is 6. The summed E-state index contributed by atoms with van der Waals surface area (Å²) in [5.41, 5.74) is 0.631. The molecule has 2 saturated heterocycles. The number of carbonyl (C=O) groups excluding carboxylic acids is 1. The molecule has 3 aromatic heterocycles. The van der Waals surface area contributed by atoms with Crippen LogP contribution in [0.3, 0.4) is 0 Å². The van der Waals surface area contributed by atoms with E-state index in [1.807, 2.05) is 22.5 Å². The number of aromatic nitrogens is 4. The first kappa shape index (κ1) is 16.6. The van der Waals surface area contributed by atoms with Crippen molar-refractivity contribution in [3.8, 4) is 10.4 Å². The van der Waals surface area contributed by atoms with Gasteiger partial charge in [-0.3, -0.25) is 9.89 Å². The molecule has 1 amide bonds. The topological polar surface area (TPSA) is 95.0 Å². The summed E-state index contributed by atoms with van der Waals surface area (Å²) in [5, 5.41) is 19.8. The number of nitrogens with zero attached hydrogens (tertiary/aromatic N) is 4. The molecule has 8 heteroatoms. The maximum atomic E-state index is 13.2. The number of nitrogens with one attached hydrogen (secondary N) is 1. The van der Waals surface area contributed by atoms with Crippen LogP contribution >= 0.6 is 11.3 Å². The van der Waals surface area contributed by atoms with Gasteiger partial charge < -0.3 is 10.0 Å². The molecule has 138 valence electrons. The summed E-state index contributed by atoms with van der Waals surface area (Å²) in [6.07, 6.45) is 9.67. The van der Waals surface area contributed by atoms with E-state index >= 15 is 0 Å². The predicted octanol–water partition coefficient (Wildman–Crippen LogP) is 2.58. The Labute approximate surface area is 160 Å². The standard InChI is InChI=1S/C19H19N5O2S/c25-17(12-6-16(27-11-12)13-9-22-23-10-13)24-14-2-3-15(24)8-19(26,7-14)18-20-4-1-5-21-18/h1,4-6,9-11,14-15,26H,2-3,7-8H2,(H,22,23)/t14-,15+,19+. The van der Waals surface area contributed by atoms with Gasteiger partial charge in [-0.15, -0.1) is 11.3 Å². The highest BCUT2D eigenvalue weighted by Crippen LogP contribution is 2.45. The number of H-pyrrole nitrogens is 1. The summed E-state index contributed by atoms with van der Waals surface area (Å²) in [6, 6.07) is 3.71. The zero-order valence-electron chi connectivity index (χ0n) is 14.6. The van der Waals surface area contributed by atoms with Crippen LogP contribution in [0.2, 0.25) is 0 Å². The van der Waals surface area contributed by atoms with E-state index in [0.717, 1.165) is 23.3 Å². The maximum Gasteiger partial charge on any atom is 0.255 e. The number of carbonyl (C=O) groups is 1. The quantitative estimate of drug-likeness (QED) is 0.727. The summed E-state index contributed by atoms with van der Waals surface area (Å²) < 4.78 is 0. The average Bonchev–Trinajstić information content (AvgIpc) is 3.41. The lowest BCUT2D eigenvalue weighted by Gasteiger charge is -2.42. The van der Waals surface area contributed by atoms with Gasteiger partial charge >= 0.3 is 0 Å². The SMILES string of the molecule is O=C(c1csc(-c2cn[nH]c2)c1)N1[C@@H]2CC[C@H]1C[C@](O)(c1ncccn1)C2. The van der Waals surface area contributed by atoms with Gasteiger partial charge in [0.25, 0.3) is 5.91 Å². The third-order valence-corrected chi connectivity index (χ3v) is 6.59. The number of rotatable bonds is 3. The van der Waals surface area contributed by atoms with E-state index in [2.05, 4.69) is 20.2 Å². The minimum atomic E-state index is -1.06. The van der Waals surface area contributed by atoms with Crippen molar-refractivity contribution < 1.29 is 9.90 Å². The first-order chi connectivity index (χ1) is 13.1. The number of thiophene rings is 1. The van der Waals surface area contributed by atoms with Gasteiger partial charge in [-0.1, -0.05) is 0 Å². The van der Waals surface area contributed by atoms with E-state index in [4.69, 9.17) is 0 Å². The van der Waals surface area contributed by atoms with E-state index < -0.39 is 5.60 Å². The Morgan fingerprint density at radius 2 is 2.00 bits per heavy atom. The Morgan fingerprint density at radius 1 is 1.26 bits per heavy atom. The molecule has 0 aliphatic carbocycles. The highest BCUT2D eigenvalue weighted by Gasteiger charge is 2.51. The Kier molecular flexibility index (Phi) is 3.84. The minimum absolute atomic E-state index is 0.0160. The molecule has 0 aromatic carbocycles. The molecule has 3 atom stereocenters. The number of fused-ring (bicyclic) bond motifs is 2. The van der Waals surface area contributed by atoms with Gasteiger partial charge in [-0.05, 0) is 25.0 Å². The molecule has 7 nitrogen and oxygen atoms in total. The van der Waals surface area contributed by atoms with Crippen molar-refractivity contribution >= 4 is 17.2 Å². The lowest BCUT2D eigenvalue weighted by Crippen LogP contribution is -2.52. The Hall–Kier alpha value is -2.58. The minimum Gasteiger partial charge on any atom is -0.382 e. The van der Waals surface area contributed by atoms with Crippen LogP contribution in [0.25, 0.3) is 10.4 Å². The summed E-state index contributed by atoms with van der Waals surface area (Å²) >= 11 is 1.54. The molecule has 0 spiro atoms. The van der Waals surface area contributed by atoms with E-state index in [1.54, 1.807) is 36.0 Å². The lowest BCUT2D eigenvalue weighted by molar-refractivity contribution is -0.0539. The second kappa shape index (κ2) is 6.24. The second-order valence-electron chi connectivity index (χ2n) is 7.30. The predicted molar refractivity (Wildman–Crippen MR) is 100 cm³/mol. The number of hydrogen-bond donors (Lipinski definition) is 2. The van der Waals surface area contributed by atoms with E-state index in [9.17, 15) is 9.90 Å². The van der Waals surface area contributed by atoms with Crippen LogP contribution in [0.5, 0.6) is 0 Å². The summed E-state index contributed by atoms with van der Waals surface area (Å²) in [7, 11) is 0. The Morgan fingerprint density at radius 3 is 2.67 bits per heavy atom. The van der Waals surface area contributed by atoms with Crippen molar-refractivity contribution in [2.75, 3.05) is 0 Å². The zero-order chi connectivity index (χ0) is 18.4. The van der Waals surface area contributed by atoms with Gasteiger partial charge in [0, 0.05) is 59.3 Å². The van der Waals surface area contributed by atoms with Crippen molar-refractivity contribution in [3.05, 3.63) is 53.7 Å². The molecule has 0 saturated carbocycles. The normalized spacial score (nSPS) is 27.1. The van der Waals surface area contributed by atoms with Crippen molar-refractivity contribution in [2.45, 2.75) is 43.4 Å². The molecule has 3 aromatic rings. The van der Waals surface area contributed by atoms with Crippen LogP contribution < -0.4 is 0 Å². The molecular formula is C19H19N5O2S. The van der Waals surface area contributed by atoms with Crippen LogP contribution in [-0.4, -0.2) is 48.2 Å². The maximum absolute atomic E-state index is 13.2. The lowest BCUT2D eigenvalue weighted by atomic mass is 9.85. The van der Waals surface area contributed by atoms with Gasteiger partial charge in [0.2, 0.25) is 0 Å². The fourth-order valence-electron chi connectivity index (χ4n) is 4.41. The first-order valence-corrected chi connectivity index (χ1v) is 9.92. The highest BCUT2D eigenvalue weighted by molar-refractivity contribution is 7.13. The molecule has 0 unspecified atom stereocenters. The molecule has 2 aliphatic heterocycles. The van der Waals surface area contributed by atoms with Crippen LogP contribution in [0.1, 0.15) is 41.9 Å². The van der Waals surface area contributed by atoms with Gasteiger partial charge in [0.15, 0.2) is 5.82 Å². The van der Waals surface area contributed by atoms with Crippen molar-refractivity contribution in [2.24, 2.45) is 0 Å². The van der Waals surface area contributed by atoms with Gasteiger partial charge in [-0.2, -0.15) is 5.10 Å². The van der Waals surface area contributed by atoms with Crippen LogP contribution in [0, 0.1) is 0 Å². The molecular weight excluding hydrogens is 362 g/mol. The third kappa shape index (κ3) is 2.76. The largest absolute Gasteiger partial charge is 0.382 e. The average molecular weight is 381 g/mol. The molecule has 2 fully saturated rings. The summed E-state index contributed by atoms with van der Waals surface area (Å²) in [6.45, 7) is 0. The molecule has 2 N–H and O–H groups in total. The van der Waals surface area contributed by atoms with Crippen molar-refractivity contribution in [3.63, 3.8) is 0 Å². The molecule has 0 radical (unpaired) electrons. The third-order valence-electron chi connectivity index (χ3n) is 5.61. The fraction of sp³-hybridized carbons (Fsp3) is 0.368. The number of aromatic amines is 1. The molecule has 2 bridgehead atoms. The van der Waals surface area contributed by atoms with Gasteiger partial charge in [0.05, 0.1) is 11.8 Å². The van der Waals surface area contributed by atoms with Gasteiger partial charge in [-0.25, -0.2) is 9.97 Å². The molecule has 5 rings (SSSR count). The molecule has 5 heterocycles. The molecule has 2 aliphatic rings. The Bertz CT molecular complexity index is 942. The first-order valence-electron chi connectivity index (χ1n) is 9.04. The molecule has 27 heavy (non-hydrogen) atoms. The van der Waals surface area contributed by atoms with E-state index in [0.29, 0.717) is 24.2 Å². The van der Waals surface area contributed by atoms with Crippen LogP contribution in [-0.2, 0) is 5.60 Å². The summed E-state index contributed by atoms with van der Waals surface area (Å²) in [5.74, 6) is 0.510.